The number of halogens is 1. The molecule has 1 saturated heterocycles. The number of anilines is 1. The first kappa shape index (κ1) is 19.6. The second-order valence-electron chi connectivity index (χ2n) is 6.66. The molecule has 1 N–H and O–H groups in total. The predicted octanol–water partition coefficient (Wildman–Crippen LogP) is 2.92. The summed E-state index contributed by atoms with van der Waals surface area (Å²) in [4.78, 5) is 29.3. The van der Waals surface area contributed by atoms with Crippen LogP contribution in [0.4, 0.5) is 5.82 Å². The first-order chi connectivity index (χ1) is 13.0. The molecule has 0 saturated carbocycles. The molecule has 0 aliphatic carbocycles. The lowest BCUT2D eigenvalue weighted by Crippen LogP contribution is -2.42. The van der Waals surface area contributed by atoms with Gasteiger partial charge in [-0.3, -0.25) is 9.59 Å². The van der Waals surface area contributed by atoms with Gasteiger partial charge in [-0.2, -0.15) is 0 Å². The lowest BCUT2D eigenvalue weighted by molar-refractivity contribution is -0.117. The Bertz CT molecular complexity index is 802. The van der Waals surface area contributed by atoms with Crippen molar-refractivity contribution in [1.82, 2.24) is 15.0 Å². The zero-order valence-corrected chi connectivity index (χ0v) is 16.9. The molecule has 1 aromatic carbocycles. The van der Waals surface area contributed by atoms with Gasteiger partial charge in [0.05, 0.1) is 0 Å². The summed E-state index contributed by atoms with van der Waals surface area (Å²) in [5.41, 5.74) is 0.552. The number of hydrogen-bond acceptors (Lipinski definition) is 5. The van der Waals surface area contributed by atoms with Gasteiger partial charge in [-0.05, 0) is 51.1 Å². The van der Waals surface area contributed by atoms with Gasteiger partial charge in [0.25, 0.3) is 5.91 Å². The summed E-state index contributed by atoms with van der Waals surface area (Å²) >= 11 is 3.39. The Kier molecular flexibility index (Phi) is 6.63. The van der Waals surface area contributed by atoms with Gasteiger partial charge in [0.2, 0.25) is 5.91 Å². The Morgan fingerprint density at radius 3 is 2.74 bits per heavy atom. The second kappa shape index (κ2) is 9.14. The van der Waals surface area contributed by atoms with E-state index in [0.717, 1.165) is 24.1 Å². The van der Waals surface area contributed by atoms with Crippen LogP contribution < -0.4 is 5.32 Å². The number of nitrogens with one attached hydrogen (secondary N) is 1. The third-order valence-electron chi connectivity index (χ3n) is 4.47. The lowest BCUT2D eigenvalue weighted by atomic mass is 10.2. The van der Waals surface area contributed by atoms with E-state index >= 15 is 0 Å². The molecular formula is C19H23BrN4O3. The van der Waals surface area contributed by atoms with Crippen LogP contribution in [0.1, 0.15) is 29.0 Å². The Morgan fingerprint density at radius 2 is 2.07 bits per heavy atom. The van der Waals surface area contributed by atoms with E-state index in [2.05, 4.69) is 31.3 Å². The highest BCUT2D eigenvalue weighted by Gasteiger charge is 2.21. The van der Waals surface area contributed by atoms with Crippen LogP contribution in [0.3, 0.4) is 0 Å². The molecule has 0 unspecified atom stereocenters. The molecule has 1 aromatic heterocycles. The normalized spacial score (nSPS) is 14.3. The summed E-state index contributed by atoms with van der Waals surface area (Å²) in [5, 5.41) is 6.44. The molecule has 1 aliphatic rings. The van der Waals surface area contributed by atoms with Crippen LogP contribution in [0.15, 0.2) is 39.3 Å². The van der Waals surface area contributed by atoms with Crippen LogP contribution in [-0.4, -0.2) is 59.5 Å². The molecule has 144 valence electrons. The molecule has 0 bridgehead atoms. The van der Waals surface area contributed by atoms with Gasteiger partial charge in [0.15, 0.2) is 5.82 Å². The van der Waals surface area contributed by atoms with Gasteiger partial charge in [-0.15, -0.1) is 0 Å². The van der Waals surface area contributed by atoms with Crippen molar-refractivity contribution in [3.8, 4) is 0 Å². The molecule has 7 nitrogen and oxygen atoms in total. The van der Waals surface area contributed by atoms with Crippen molar-refractivity contribution in [3.63, 3.8) is 0 Å². The predicted molar refractivity (Wildman–Crippen MR) is 106 cm³/mol. The van der Waals surface area contributed by atoms with E-state index in [1.54, 1.807) is 30.0 Å². The molecule has 1 fully saturated rings. The van der Waals surface area contributed by atoms with Crippen molar-refractivity contribution in [1.29, 1.82) is 0 Å². The number of amides is 2. The third-order valence-corrected chi connectivity index (χ3v) is 4.97. The van der Waals surface area contributed by atoms with Gasteiger partial charge in [-0.1, -0.05) is 27.2 Å². The van der Waals surface area contributed by atoms with Gasteiger partial charge in [0.1, 0.15) is 12.3 Å². The van der Waals surface area contributed by atoms with Crippen LogP contribution in [-0.2, 0) is 4.79 Å². The van der Waals surface area contributed by atoms with Crippen LogP contribution in [0, 0.1) is 6.92 Å². The van der Waals surface area contributed by atoms with Crippen LogP contribution >= 0.6 is 15.9 Å². The van der Waals surface area contributed by atoms with Gasteiger partial charge < -0.3 is 19.6 Å². The first-order valence-corrected chi connectivity index (χ1v) is 9.81. The maximum absolute atomic E-state index is 13.0. The number of likely N-dealkylation sites (tertiary alicyclic amines) is 1. The molecule has 3 rings (SSSR count). The maximum atomic E-state index is 13.0. The minimum atomic E-state index is -0.298. The van der Waals surface area contributed by atoms with E-state index in [-0.39, 0.29) is 18.4 Å². The molecule has 2 aromatic rings. The number of carbonyl (C=O) groups excluding carboxylic acids is 2. The third kappa shape index (κ3) is 5.64. The molecule has 2 amide bonds. The number of aromatic nitrogens is 1. The quantitative estimate of drug-likeness (QED) is 0.724. The van der Waals surface area contributed by atoms with Crippen molar-refractivity contribution in [2.75, 3.05) is 38.0 Å². The van der Waals surface area contributed by atoms with Gasteiger partial charge >= 0.3 is 0 Å². The van der Waals surface area contributed by atoms with E-state index in [4.69, 9.17) is 4.52 Å². The maximum Gasteiger partial charge on any atom is 0.254 e. The molecule has 1 aliphatic heterocycles. The largest absolute Gasteiger partial charge is 0.360 e. The lowest BCUT2D eigenvalue weighted by Gasteiger charge is -2.25. The molecule has 0 spiro atoms. The minimum Gasteiger partial charge on any atom is -0.360 e. The number of benzene rings is 1. The molecule has 2 heterocycles. The fourth-order valence-corrected chi connectivity index (χ4v) is 3.51. The molecule has 27 heavy (non-hydrogen) atoms. The van der Waals surface area contributed by atoms with Crippen molar-refractivity contribution >= 4 is 33.6 Å². The topological polar surface area (TPSA) is 78.7 Å². The van der Waals surface area contributed by atoms with Gasteiger partial charge in [0, 0.05) is 29.2 Å². The number of rotatable bonds is 7. The smallest absolute Gasteiger partial charge is 0.254 e. The van der Waals surface area contributed by atoms with Crippen molar-refractivity contribution in [3.05, 3.63) is 46.1 Å². The van der Waals surface area contributed by atoms with Crippen molar-refractivity contribution < 1.29 is 14.1 Å². The summed E-state index contributed by atoms with van der Waals surface area (Å²) in [7, 11) is 0. The Labute approximate surface area is 166 Å². The van der Waals surface area contributed by atoms with Crippen molar-refractivity contribution in [2.24, 2.45) is 0 Å². The summed E-state index contributed by atoms with van der Waals surface area (Å²) in [5.74, 6) is 0.503. The number of hydrogen-bond donors (Lipinski definition) is 1. The fraction of sp³-hybridized carbons (Fsp3) is 0.421. The zero-order valence-electron chi connectivity index (χ0n) is 15.3. The molecule has 8 heteroatoms. The molecular weight excluding hydrogens is 412 g/mol. The van der Waals surface area contributed by atoms with Crippen LogP contribution in [0.2, 0.25) is 0 Å². The molecule has 0 atom stereocenters. The molecule has 0 radical (unpaired) electrons. The highest BCUT2D eigenvalue weighted by Crippen LogP contribution is 2.15. The van der Waals surface area contributed by atoms with E-state index < -0.39 is 0 Å². The standard InChI is InChI=1S/C19H23BrN4O3/c1-14-11-17(22-27-14)21-18(25)13-24(10-9-23-7-2-3-8-23)19(26)15-5-4-6-16(20)12-15/h4-6,11-12H,2-3,7-10,13H2,1H3,(H,21,22,25). The average Bonchev–Trinajstić information content (AvgIpc) is 3.29. The fourth-order valence-electron chi connectivity index (χ4n) is 3.11. The van der Waals surface area contributed by atoms with Crippen LogP contribution in [0.25, 0.3) is 0 Å². The number of nitrogens with zero attached hydrogens (tertiary/aromatic N) is 3. The monoisotopic (exact) mass is 434 g/mol. The average molecular weight is 435 g/mol. The van der Waals surface area contributed by atoms with E-state index in [0.29, 0.717) is 23.7 Å². The summed E-state index contributed by atoms with van der Waals surface area (Å²) in [6.07, 6.45) is 2.37. The summed E-state index contributed by atoms with van der Waals surface area (Å²) in [6.45, 7) is 5.06. The Morgan fingerprint density at radius 1 is 1.30 bits per heavy atom. The van der Waals surface area contributed by atoms with E-state index in [9.17, 15) is 9.59 Å². The summed E-state index contributed by atoms with van der Waals surface area (Å²) < 4.78 is 5.79. The number of carbonyl (C=O) groups is 2. The van der Waals surface area contributed by atoms with E-state index in [1.165, 1.54) is 12.8 Å². The zero-order chi connectivity index (χ0) is 19.2. The van der Waals surface area contributed by atoms with Gasteiger partial charge in [-0.25, -0.2) is 0 Å². The van der Waals surface area contributed by atoms with Crippen molar-refractivity contribution in [2.45, 2.75) is 19.8 Å². The SMILES string of the molecule is Cc1cc(NC(=O)CN(CCN2CCCC2)C(=O)c2cccc(Br)c2)no1. The Hall–Kier alpha value is -2.19. The minimum absolute atomic E-state index is 0.0366. The van der Waals surface area contributed by atoms with Crippen LogP contribution in [0.5, 0.6) is 0 Å². The first-order valence-electron chi connectivity index (χ1n) is 9.01. The Balaban J connectivity index is 1.67. The van der Waals surface area contributed by atoms with E-state index in [1.807, 2.05) is 12.1 Å². The number of aryl methyl sites for hydroxylation is 1. The second-order valence-corrected chi connectivity index (χ2v) is 7.57. The highest BCUT2D eigenvalue weighted by atomic mass is 79.9. The summed E-state index contributed by atoms with van der Waals surface area (Å²) in [6, 6.07) is 8.85. The highest BCUT2D eigenvalue weighted by molar-refractivity contribution is 9.10.